The zero-order valence-electron chi connectivity index (χ0n) is 7.67. The van der Waals surface area contributed by atoms with E-state index in [0.717, 1.165) is 0 Å². The van der Waals surface area contributed by atoms with Crippen LogP contribution in [0.4, 0.5) is 0 Å². The molecule has 0 atom stereocenters. The van der Waals surface area contributed by atoms with E-state index >= 15 is 0 Å². The molecule has 0 aliphatic carbocycles. The van der Waals surface area contributed by atoms with Crippen LogP contribution in [0.2, 0.25) is 0 Å². The second-order valence-electron chi connectivity index (χ2n) is 1.91. The van der Waals surface area contributed by atoms with Gasteiger partial charge >= 0.3 is 133 Å². The third-order valence-electron chi connectivity index (χ3n) is 1.28. The van der Waals surface area contributed by atoms with Crippen molar-refractivity contribution in [1.29, 1.82) is 0 Å². The van der Waals surface area contributed by atoms with Crippen molar-refractivity contribution in [2.75, 3.05) is 0 Å². The van der Waals surface area contributed by atoms with Crippen molar-refractivity contribution in [3.8, 4) is 0 Å². The molecule has 0 amide bonds. The van der Waals surface area contributed by atoms with Crippen LogP contribution in [-0.2, 0) is 14.0 Å². The summed E-state index contributed by atoms with van der Waals surface area (Å²) in [6.45, 7) is 0. The van der Waals surface area contributed by atoms with Crippen LogP contribution < -0.4 is 55.3 Å². The molecular weight excluding hydrogens is 370 g/mol. The van der Waals surface area contributed by atoms with Gasteiger partial charge in [-0.25, -0.2) is 0 Å². The average Bonchev–Trinajstić information content (AvgIpc) is 2.15. The smallest absolute Gasteiger partial charge is 1.00 e. The molecule has 0 N–H and O–H groups in total. The molecule has 0 aliphatic rings. The maximum Gasteiger partial charge on any atom is 1.00 e. The van der Waals surface area contributed by atoms with Gasteiger partial charge in [-0.1, -0.05) is 0 Å². The molecule has 0 spiro atoms. The van der Waals surface area contributed by atoms with E-state index in [1.54, 1.807) is 0 Å². The Morgan fingerprint density at radius 1 is 0.765 bits per heavy atom. The third kappa shape index (κ3) is 1.41. The molecule has 0 aromatic rings. The third-order valence-corrected chi connectivity index (χ3v) is 7.55. The van der Waals surface area contributed by atoms with Crippen LogP contribution >= 0.6 is 0 Å². The summed E-state index contributed by atoms with van der Waals surface area (Å²) >= 11 is -10.2. The summed E-state index contributed by atoms with van der Waals surface area (Å²) in [5.74, 6) is 0. The largest absolute Gasteiger partial charge is 1.00 e. The maximum atomic E-state index is 11.3. The fraction of sp³-hybridized carbons (Fsp3) is 0. The zero-order chi connectivity index (χ0) is 13.4. The molecule has 0 aliphatic heterocycles. The second kappa shape index (κ2) is 4.26. The topological polar surface area (TPSA) is 225 Å². The Bertz CT molecular complexity index is 380. The SMILES string of the molecule is O=[N][Ru]([O-])([N+](=O)[O-])([N+](=O)[O-])([N+](=O)[O-])[N+](=O)[O-].[K+]. The minimum atomic E-state index is -10.2. The molecule has 17 heteroatoms. The molecule has 0 saturated heterocycles. The van der Waals surface area contributed by atoms with Gasteiger partial charge in [0.1, 0.15) is 0 Å². The van der Waals surface area contributed by atoms with Crippen molar-refractivity contribution in [3.63, 3.8) is 0 Å². The van der Waals surface area contributed by atoms with E-state index in [4.69, 9.17) is 0 Å². The number of nitroso groups, excluding NO2 is 1. The van der Waals surface area contributed by atoms with Crippen LogP contribution in [0.15, 0.2) is 3.92 Å². The predicted molar refractivity (Wildman–Crippen MR) is 33.8 cm³/mol. The quantitative estimate of drug-likeness (QED) is 0.193. The summed E-state index contributed by atoms with van der Waals surface area (Å²) in [5.41, 5.74) is 0. The van der Waals surface area contributed by atoms with E-state index in [1.165, 1.54) is 0 Å². The summed E-state index contributed by atoms with van der Waals surface area (Å²) in [6.07, 6.45) is 0. The predicted octanol–water partition coefficient (Wildman–Crippen LogP) is -5.06. The minimum absolute atomic E-state index is 0. The van der Waals surface area contributed by atoms with E-state index in [-0.39, 0.29) is 51.4 Å². The van der Waals surface area contributed by atoms with Crippen LogP contribution in [0.25, 0.3) is 0 Å². The van der Waals surface area contributed by atoms with Crippen LogP contribution in [0.5, 0.6) is 0 Å². The van der Waals surface area contributed by atoms with Gasteiger partial charge in [-0.2, -0.15) is 0 Å². The molecule has 0 aromatic heterocycles. The number of hydrogen-bond donors (Lipinski definition) is 0. The molecule has 0 bridgehead atoms. The molecule has 0 saturated carbocycles. The first kappa shape index (κ1) is 18.8. The zero-order valence-corrected chi connectivity index (χ0v) is 12.5. The number of rotatable bonds is 5. The summed E-state index contributed by atoms with van der Waals surface area (Å²) < 4.78 is 0.180. The van der Waals surface area contributed by atoms with Crippen molar-refractivity contribution in [2.45, 2.75) is 0 Å². The van der Waals surface area contributed by atoms with Gasteiger partial charge < -0.3 is 0 Å². The first-order valence-electron chi connectivity index (χ1n) is 2.58. The molecule has 94 valence electrons. The first-order chi connectivity index (χ1) is 6.97. The van der Waals surface area contributed by atoms with Gasteiger partial charge in [-0.05, 0) is 0 Å². The van der Waals surface area contributed by atoms with Gasteiger partial charge in [0.2, 0.25) is 0 Å². The molecule has 17 heavy (non-hydrogen) atoms. The minimum Gasteiger partial charge on any atom is 1.00 e. The molecule has 0 fully saturated rings. The number of hydrogen-bond acceptors (Lipinski definition) is 11. The van der Waals surface area contributed by atoms with E-state index in [2.05, 4.69) is 0 Å². The molecule has 0 unspecified atom stereocenters. The summed E-state index contributed by atoms with van der Waals surface area (Å²) in [7, 11) is 0. The Balaban J connectivity index is 0. The second-order valence-corrected chi connectivity index (χ2v) is 9.83. The van der Waals surface area contributed by atoms with Gasteiger partial charge in [-0.3, -0.25) is 0 Å². The van der Waals surface area contributed by atoms with Crippen LogP contribution in [-0.4, -0.2) is 14.7 Å². The molecule has 0 aromatic carbocycles. The van der Waals surface area contributed by atoms with E-state index in [0.29, 0.717) is 3.92 Å². The van der Waals surface area contributed by atoms with Crippen LogP contribution in [0.1, 0.15) is 0 Å². The fourth-order valence-electron chi connectivity index (χ4n) is 0.377. The van der Waals surface area contributed by atoms with Crippen molar-refractivity contribution in [3.05, 3.63) is 45.4 Å². The molecule has 15 nitrogen and oxygen atoms in total. The number of nitrogens with zero attached hydrogens (tertiary/aromatic N) is 5. The van der Waals surface area contributed by atoms with Crippen molar-refractivity contribution in [2.24, 2.45) is 3.92 Å². The number of nitro groups is 4. The van der Waals surface area contributed by atoms with E-state index in [1.807, 2.05) is 0 Å². The molecule has 0 radical (unpaired) electrons. The van der Waals surface area contributed by atoms with Gasteiger partial charge in [0.15, 0.2) is 0 Å². The van der Waals surface area contributed by atoms with Crippen molar-refractivity contribution in [1.82, 2.24) is 0 Å². The standard InChI is InChI=1S/K.4NO2.NO.O.Ru/c;4*2-1-3;1-2;;/q+1;;;;;2*-1;+1. The van der Waals surface area contributed by atoms with Crippen LogP contribution in [0.3, 0.4) is 0 Å². The Labute approximate surface area is 132 Å². The summed E-state index contributed by atoms with van der Waals surface area (Å²) in [4.78, 5) is 50.7. The Kier molecular flexibility index (Phi) is 4.71. The van der Waals surface area contributed by atoms with Gasteiger partial charge in [0.25, 0.3) is 0 Å². The summed E-state index contributed by atoms with van der Waals surface area (Å²) in [6, 6.07) is 0. The molecule has 0 heterocycles. The Hall–Kier alpha value is -0.580. The maximum absolute atomic E-state index is 11.3. The summed E-state index contributed by atoms with van der Waals surface area (Å²) in [5, 5.41) is 40.7. The average molecular weight is 370 g/mol. The molecular formula is KN5O10Ru. The van der Waals surface area contributed by atoms with Crippen LogP contribution in [0, 0.1) is 45.4 Å². The van der Waals surface area contributed by atoms with E-state index < -0.39 is 28.6 Å². The van der Waals surface area contributed by atoms with Gasteiger partial charge in [-0.15, -0.1) is 0 Å². The fourth-order valence-corrected chi connectivity index (χ4v) is 2.23. The Morgan fingerprint density at radius 2 is 0.941 bits per heavy atom. The Morgan fingerprint density at radius 3 is 0.941 bits per heavy atom. The van der Waals surface area contributed by atoms with Gasteiger partial charge in [0, 0.05) is 0 Å². The van der Waals surface area contributed by atoms with Crippen molar-refractivity contribution >= 4 is 0 Å². The molecule has 0 rings (SSSR count). The van der Waals surface area contributed by atoms with Gasteiger partial charge in [0.05, 0.1) is 0 Å². The monoisotopic (exact) mass is 371 g/mol. The normalized spacial score (nSPS) is 14.4. The first-order valence-corrected chi connectivity index (χ1v) is 7.17. The van der Waals surface area contributed by atoms with E-state index in [9.17, 15) is 49.3 Å². The van der Waals surface area contributed by atoms with Crippen molar-refractivity contribution < 1.29 is 84.0 Å².